The number of aryl methyl sites for hydroxylation is 1. The molecular weight excluding hydrogens is 472 g/mol. The lowest BCUT2D eigenvalue weighted by atomic mass is 10.1. The molecule has 0 radical (unpaired) electrons. The van der Waals surface area contributed by atoms with Gasteiger partial charge in [0.05, 0.1) is 11.7 Å². The number of nitrogens with one attached hydrogen (secondary N) is 1. The third kappa shape index (κ3) is 5.33. The molecule has 1 N–H and O–H groups in total. The molecule has 2 aromatic heterocycles. The minimum Gasteiger partial charge on any atom is -0.326 e. The van der Waals surface area contributed by atoms with E-state index in [1.54, 1.807) is 6.07 Å². The Morgan fingerprint density at radius 1 is 0.946 bits per heavy atom. The first kappa shape index (κ1) is 25.2. The van der Waals surface area contributed by atoms with Gasteiger partial charge in [0, 0.05) is 50.0 Å². The second-order valence-electron chi connectivity index (χ2n) is 9.87. The smallest absolute Gasteiger partial charge is 0.227 e. The van der Waals surface area contributed by atoms with Crippen molar-refractivity contribution in [2.75, 3.05) is 38.0 Å². The molecule has 0 amide bonds. The van der Waals surface area contributed by atoms with Gasteiger partial charge in [0.15, 0.2) is 11.6 Å². The minimum atomic E-state index is -0.616. The maximum atomic E-state index is 14.9. The molecule has 37 heavy (non-hydrogen) atoms. The van der Waals surface area contributed by atoms with Gasteiger partial charge in [0.1, 0.15) is 17.0 Å². The predicted octanol–water partition coefficient (Wildman–Crippen LogP) is 5.54. The van der Waals surface area contributed by atoms with Gasteiger partial charge in [-0.2, -0.15) is 0 Å². The molecule has 3 heterocycles. The van der Waals surface area contributed by atoms with E-state index in [4.69, 9.17) is 0 Å². The molecule has 4 aromatic rings. The van der Waals surface area contributed by atoms with Gasteiger partial charge in [0.2, 0.25) is 5.95 Å². The number of piperazine rings is 1. The fraction of sp³-hybridized carbons (Fsp3) is 0.393. The van der Waals surface area contributed by atoms with Gasteiger partial charge in [0.25, 0.3) is 0 Å². The Morgan fingerprint density at radius 3 is 2.32 bits per heavy atom. The van der Waals surface area contributed by atoms with Crippen molar-refractivity contribution >= 4 is 22.7 Å². The van der Waals surface area contributed by atoms with Crippen LogP contribution in [0.25, 0.3) is 22.3 Å². The van der Waals surface area contributed by atoms with Crippen LogP contribution in [0.5, 0.6) is 0 Å². The molecule has 2 aromatic carbocycles. The second kappa shape index (κ2) is 10.5. The molecule has 0 spiro atoms. The Labute approximate surface area is 216 Å². The van der Waals surface area contributed by atoms with Crippen LogP contribution in [0.2, 0.25) is 0 Å². The Balaban J connectivity index is 1.35. The highest BCUT2D eigenvalue weighted by Crippen LogP contribution is 2.30. The molecule has 1 aliphatic heterocycles. The van der Waals surface area contributed by atoms with Gasteiger partial charge in [-0.15, -0.1) is 0 Å². The molecule has 1 saturated heterocycles. The van der Waals surface area contributed by atoms with E-state index in [2.05, 4.69) is 49.1 Å². The van der Waals surface area contributed by atoms with Crippen LogP contribution in [0.1, 0.15) is 38.2 Å². The van der Waals surface area contributed by atoms with Crippen molar-refractivity contribution in [2.45, 2.75) is 40.3 Å². The highest BCUT2D eigenvalue weighted by Gasteiger charge is 2.19. The van der Waals surface area contributed by atoms with E-state index in [0.29, 0.717) is 16.9 Å². The first-order chi connectivity index (χ1) is 17.8. The van der Waals surface area contributed by atoms with Crippen LogP contribution in [0, 0.1) is 18.6 Å². The van der Waals surface area contributed by atoms with Gasteiger partial charge < -0.3 is 14.8 Å². The number of benzene rings is 2. The normalized spacial score (nSPS) is 15.1. The molecule has 0 unspecified atom stereocenters. The number of hydrogen-bond donors (Lipinski definition) is 1. The van der Waals surface area contributed by atoms with Crippen LogP contribution in [0.15, 0.2) is 42.6 Å². The average molecular weight is 506 g/mol. The molecule has 0 saturated carbocycles. The maximum absolute atomic E-state index is 14.9. The molecule has 1 fully saturated rings. The highest BCUT2D eigenvalue weighted by atomic mass is 19.1. The van der Waals surface area contributed by atoms with Crippen LogP contribution >= 0.6 is 0 Å². The quantitative estimate of drug-likeness (QED) is 0.356. The van der Waals surface area contributed by atoms with E-state index >= 15 is 0 Å². The number of rotatable bonds is 7. The summed E-state index contributed by atoms with van der Waals surface area (Å²) in [4.78, 5) is 17.8. The van der Waals surface area contributed by atoms with Gasteiger partial charge in [-0.05, 0) is 57.1 Å². The number of aromatic nitrogens is 4. The zero-order chi connectivity index (χ0) is 26.1. The Hall–Kier alpha value is -3.43. The minimum absolute atomic E-state index is 0.0373. The van der Waals surface area contributed by atoms with Crippen molar-refractivity contribution in [3.63, 3.8) is 0 Å². The molecule has 194 valence electrons. The lowest BCUT2D eigenvalue weighted by Gasteiger charge is -2.34. The lowest BCUT2D eigenvalue weighted by Crippen LogP contribution is -2.45. The Bertz CT molecular complexity index is 1390. The zero-order valence-electron chi connectivity index (χ0n) is 21.8. The number of likely N-dealkylation sites (N-methyl/N-ethyl adjacent to an activating group) is 1. The molecular formula is C28H33F2N7. The van der Waals surface area contributed by atoms with Crippen molar-refractivity contribution < 1.29 is 8.78 Å². The molecule has 0 atom stereocenters. The summed E-state index contributed by atoms with van der Waals surface area (Å²) < 4.78 is 31.7. The topological polar surface area (TPSA) is 62.1 Å². The molecule has 0 aliphatic carbocycles. The van der Waals surface area contributed by atoms with Crippen LogP contribution in [0.4, 0.5) is 20.4 Å². The summed E-state index contributed by atoms with van der Waals surface area (Å²) in [5, 5.41) is 3.15. The first-order valence-electron chi connectivity index (χ1n) is 12.8. The monoisotopic (exact) mass is 505 g/mol. The van der Waals surface area contributed by atoms with E-state index in [-0.39, 0.29) is 23.2 Å². The van der Waals surface area contributed by atoms with Gasteiger partial charge >= 0.3 is 0 Å². The number of hydrogen-bond acceptors (Lipinski definition) is 6. The van der Waals surface area contributed by atoms with Crippen LogP contribution in [-0.2, 0) is 6.54 Å². The average Bonchev–Trinajstić information content (AvgIpc) is 3.23. The largest absolute Gasteiger partial charge is 0.326 e. The fourth-order valence-corrected chi connectivity index (χ4v) is 5.03. The Morgan fingerprint density at radius 2 is 1.65 bits per heavy atom. The molecule has 9 heteroatoms. The van der Waals surface area contributed by atoms with Crippen LogP contribution < -0.4 is 5.32 Å². The van der Waals surface area contributed by atoms with Crippen molar-refractivity contribution in [1.82, 2.24) is 29.3 Å². The SMILES string of the molecule is CCN1CCN(Cc2ccc(Nc3ncc(F)c(-c4cc(F)c5nc(C)n(C(C)C)c5c4)n3)cc2)CC1. The van der Waals surface area contributed by atoms with E-state index in [1.807, 2.05) is 37.5 Å². The van der Waals surface area contributed by atoms with E-state index < -0.39 is 11.6 Å². The number of imidazole rings is 1. The highest BCUT2D eigenvalue weighted by molar-refractivity contribution is 5.83. The zero-order valence-corrected chi connectivity index (χ0v) is 21.8. The summed E-state index contributed by atoms with van der Waals surface area (Å²) in [6, 6.07) is 11.2. The molecule has 1 aliphatic rings. The number of anilines is 2. The summed E-state index contributed by atoms with van der Waals surface area (Å²) in [6.07, 6.45) is 1.11. The van der Waals surface area contributed by atoms with E-state index in [0.717, 1.165) is 51.2 Å². The summed E-state index contributed by atoms with van der Waals surface area (Å²) in [6.45, 7) is 14.4. The summed E-state index contributed by atoms with van der Waals surface area (Å²) in [5.41, 5.74) is 3.30. The first-order valence-corrected chi connectivity index (χ1v) is 12.8. The summed E-state index contributed by atoms with van der Waals surface area (Å²) in [7, 11) is 0. The Kier molecular flexibility index (Phi) is 7.17. The summed E-state index contributed by atoms with van der Waals surface area (Å²) >= 11 is 0. The van der Waals surface area contributed by atoms with Gasteiger partial charge in [-0.1, -0.05) is 19.1 Å². The van der Waals surface area contributed by atoms with Gasteiger partial charge in [-0.25, -0.2) is 23.7 Å². The molecule has 5 rings (SSSR count). The third-order valence-corrected chi connectivity index (χ3v) is 6.99. The fourth-order valence-electron chi connectivity index (χ4n) is 5.03. The second-order valence-corrected chi connectivity index (χ2v) is 9.87. The van der Waals surface area contributed by atoms with Crippen molar-refractivity contribution in [3.05, 3.63) is 65.6 Å². The van der Waals surface area contributed by atoms with E-state index in [9.17, 15) is 8.78 Å². The van der Waals surface area contributed by atoms with Gasteiger partial charge in [-0.3, -0.25) is 4.90 Å². The van der Waals surface area contributed by atoms with Crippen molar-refractivity contribution in [2.24, 2.45) is 0 Å². The van der Waals surface area contributed by atoms with Crippen molar-refractivity contribution in [1.29, 1.82) is 0 Å². The number of nitrogens with zero attached hydrogens (tertiary/aromatic N) is 6. The lowest BCUT2D eigenvalue weighted by molar-refractivity contribution is 0.132. The standard InChI is InChI=1S/C28H33F2N7/c1-5-35-10-12-36(13-11-35)17-20-6-8-22(9-7-20)33-28-31-16-24(30)26(34-28)21-14-23(29)27-25(15-21)37(18(2)3)19(4)32-27/h6-9,14-16,18H,5,10-13,17H2,1-4H3,(H,31,33,34). The van der Waals surface area contributed by atoms with Crippen LogP contribution in [0.3, 0.4) is 0 Å². The van der Waals surface area contributed by atoms with Crippen LogP contribution in [-0.4, -0.2) is 62.0 Å². The number of halogens is 2. The maximum Gasteiger partial charge on any atom is 0.227 e. The summed E-state index contributed by atoms with van der Waals surface area (Å²) in [5.74, 6) is -0.170. The molecule has 0 bridgehead atoms. The predicted molar refractivity (Wildman–Crippen MR) is 143 cm³/mol. The number of fused-ring (bicyclic) bond motifs is 1. The van der Waals surface area contributed by atoms with E-state index in [1.165, 1.54) is 11.6 Å². The molecule has 7 nitrogen and oxygen atoms in total. The third-order valence-electron chi connectivity index (χ3n) is 6.99. The van der Waals surface area contributed by atoms with Crippen molar-refractivity contribution in [3.8, 4) is 11.3 Å².